The molecule has 1 saturated heterocycles. The van der Waals surface area contributed by atoms with Gasteiger partial charge in [-0.3, -0.25) is 10.4 Å². The van der Waals surface area contributed by atoms with Gasteiger partial charge in [0.2, 0.25) is 0 Å². The van der Waals surface area contributed by atoms with Crippen molar-refractivity contribution in [2.24, 2.45) is 22.6 Å². The fraction of sp³-hybridized carbons (Fsp3) is 0.895. The summed E-state index contributed by atoms with van der Waals surface area (Å²) >= 11 is 0. The Hall–Kier alpha value is -1.46. The quantitative estimate of drug-likeness (QED) is 0.588. The third kappa shape index (κ3) is 5.02. The van der Waals surface area contributed by atoms with Crippen molar-refractivity contribution >= 4 is 11.9 Å². The fourth-order valence-electron chi connectivity index (χ4n) is 4.71. The van der Waals surface area contributed by atoms with E-state index in [0.717, 1.165) is 51.0 Å². The molecule has 3 aliphatic rings. The van der Waals surface area contributed by atoms with Crippen molar-refractivity contribution in [2.75, 3.05) is 32.7 Å². The number of hydrogen-bond donors (Lipinski definition) is 3. The van der Waals surface area contributed by atoms with E-state index in [1.807, 2.05) is 0 Å². The monoisotopic (exact) mass is 348 g/mol. The van der Waals surface area contributed by atoms with E-state index in [2.05, 4.69) is 27.0 Å². The molecule has 3 rings (SSSR count). The largest absolute Gasteiger partial charge is 0.370 e. The number of nitrogens with two attached hydrogens (primary N) is 1. The number of hydrogen-bond acceptors (Lipinski definition) is 4. The molecule has 0 aromatic carbocycles. The molecule has 4 N–H and O–H groups in total. The van der Waals surface area contributed by atoms with Crippen LogP contribution >= 0.6 is 0 Å². The number of nitrogens with one attached hydrogen (secondary N) is 2. The van der Waals surface area contributed by atoms with Crippen LogP contribution < -0.4 is 11.1 Å². The highest BCUT2D eigenvalue weighted by Gasteiger charge is 2.28. The maximum Gasteiger partial charge on any atom is 0.191 e. The smallest absolute Gasteiger partial charge is 0.191 e. The van der Waals surface area contributed by atoms with Gasteiger partial charge in [0.15, 0.2) is 11.9 Å². The van der Waals surface area contributed by atoms with E-state index in [4.69, 9.17) is 11.1 Å². The predicted molar refractivity (Wildman–Crippen MR) is 104 cm³/mol. The molecule has 0 bridgehead atoms. The zero-order valence-corrected chi connectivity index (χ0v) is 15.8. The molecular formula is C19H36N6. The molecule has 6 heteroatoms. The average Bonchev–Trinajstić information content (AvgIpc) is 3.16. The van der Waals surface area contributed by atoms with Crippen LogP contribution in [0.1, 0.15) is 58.3 Å². The van der Waals surface area contributed by atoms with Gasteiger partial charge in [0.05, 0.1) is 6.54 Å². The van der Waals surface area contributed by atoms with Crippen LogP contribution in [0.3, 0.4) is 0 Å². The third-order valence-corrected chi connectivity index (χ3v) is 6.24. The molecule has 2 unspecified atom stereocenters. The summed E-state index contributed by atoms with van der Waals surface area (Å²) in [5.41, 5.74) is 5.87. The van der Waals surface area contributed by atoms with Crippen LogP contribution in [0.25, 0.3) is 0 Å². The van der Waals surface area contributed by atoms with Crippen LogP contribution in [-0.2, 0) is 0 Å². The number of aliphatic imine (C=N–C) groups is 1. The number of guanidine groups is 2. The van der Waals surface area contributed by atoms with E-state index in [1.165, 1.54) is 44.9 Å². The van der Waals surface area contributed by atoms with Gasteiger partial charge in [0.1, 0.15) is 0 Å². The summed E-state index contributed by atoms with van der Waals surface area (Å²) in [4.78, 5) is 8.76. The number of rotatable bonds is 8. The molecule has 1 aliphatic carbocycles. The van der Waals surface area contributed by atoms with E-state index >= 15 is 0 Å². The second-order valence-corrected chi connectivity index (χ2v) is 8.23. The van der Waals surface area contributed by atoms with Gasteiger partial charge in [-0.05, 0) is 43.9 Å². The first kappa shape index (κ1) is 18.3. The third-order valence-electron chi connectivity index (χ3n) is 6.24. The Morgan fingerprint density at radius 1 is 1.24 bits per heavy atom. The summed E-state index contributed by atoms with van der Waals surface area (Å²) in [7, 11) is 0. The van der Waals surface area contributed by atoms with Crippen LogP contribution in [0, 0.1) is 17.2 Å². The Morgan fingerprint density at radius 3 is 2.88 bits per heavy atom. The Kier molecular flexibility index (Phi) is 6.43. The standard InChI is InChI=1S/C19H36N6/c1-15-5-4-6-16(13-15)8-11-25-17(14-23-19(25)21)7-2-3-10-24-12-9-22-18(24)20/h15-17H,2-14H2,1H3,(H2,20,22)(H2,21,23)/t15?,16?,17-/m0/s1. The summed E-state index contributed by atoms with van der Waals surface area (Å²) in [6.45, 7) is 7.24. The highest BCUT2D eigenvalue weighted by atomic mass is 15.4. The summed E-state index contributed by atoms with van der Waals surface area (Å²) in [6, 6.07) is 0.498. The lowest BCUT2D eigenvalue weighted by Crippen LogP contribution is -2.37. The molecule has 3 atom stereocenters. The molecule has 2 fully saturated rings. The van der Waals surface area contributed by atoms with Gasteiger partial charge in [-0.1, -0.05) is 26.2 Å². The Bertz CT molecular complexity index is 477. The highest BCUT2D eigenvalue weighted by Crippen LogP contribution is 2.31. The van der Waals surface area contributed by atoms with E-state index < -0.39 is 0 Å². The topological polar surface area (TPSA) is 80.7 Å². The summed E-state index contributed by atoms with van der Waals surface area (Å²) < 4.78 is 0. The zero-order chi connectivity index (χ0) is 17.6. The van der Waals surface area contributed by atoms with Crippen LogP contribution in [0.2, 0.25) is 0 Å². The maximum atomic E-state index is 8.21. The van der Waals surface area contributed by atoms with Crippen molar-refractivity contribution in [2.45, 2.75) is 64.3 Å². The molecule has 1 saturated carbocycles. The summed E-state index contributed by atoms with van der Waals surface area (Å²) in [6.07, 6.45) is 10.4. The van der Waals surface area contributed by atoms with E-state index in [-0.39, 0.29) is 0 Å². The Labute approximate surface area is 152 Å². The molecule has 2 aliphatic heterocycles. The molecule has 25 heavy (non-hydrogen) atoms. The van der Waals surface area contributed by atoms with Crippen molar-refractivity contribution in [3.8, 4) is 0 Å². The second-order valence-electron chi connectivity index (χ2n) is 8.23. The highest BCUT2D eigenvalue weighted by molar-refractivity contribution is 5.79. The molecule has 0 amide bonds. The van der Waals surface area contributed by atoms with E-state index in [9.17, 15) is 0 Å². The minimum Gasteiger partial charge on any atom is -0.370 e. The normalized spacial score (nSPS) is 29.9. The van der Waals surface area contributed by atoms with Gasteiger partial charge in [-0.15, -0.1) is 0 Å². The molecule has 142 valence electrons. The summed E-state index contributed by atoms with van der Waals surface area (Å²) in [5.74, 6) is 3.12. The molecule has 0 aromatic rings. The van der Waals surface area contributed by atoms with Crippen molar-refractivity contribution in [1.29, 1.82) is 5.41 Å². The van der Waals surface area contributed by atoms with Gasteiger partial charge in [0.25, 0.3) is 0 Å². The molecular weight excluding hydrogens is 312 g/mol. The average molecular weight is 349 g/mol. The number of unbranched alkanes of at least 4 members (excludes halogenated alkanes) is 1. The molecule has 2 heterocycles. The van der Waals surface area contributed by atoms with Crippen LogP contribution in [0.15, 0.2) is 4.99 Å². The van der Waals surface area contributed by atoms with E-state index in [0.29, 0.717) is 18.0 Å². The van der Waals surface area contributed by atoms with Gasteiger partial charge < -0.3 is 20.9 Å². The predicted octanol–water partition coefficient (Wildman–Crippen LogP) is 2.21. The van der Waals surface area contributed by atoms with Crippen molar-refractivity contribution in [3.63, 3.8) is 0 Å². The molecule has 6 nitrogen and oxygen atoms in total. The van der Waals surface area contributed by atoms with Gasteiger partial charge in [-0.25, -0.2) is 0 Å². The molecule has 0 radical (unpaired) electrons. The minimum atomic E-state index is 0.498. The van der Waals surface area contributed by atoms with Crippen LogP contribution in [-0.4, -0.2) is 60.5 Å². The Morgan fingerprint density at radius 2 is 2.12 bits per heavy atom. The zero-order valence-electron chi connectivity index (χ0n) is 15.8. The van der Waals surface area contributed by atoms with Gasteiger partial charge in [0, 0.05) is 32.2 Å². The number of nitrogens with zero attached hydrogens (tertiary/aromatic N) is 3. The lowest BCUT2D eigenvalue weighted by molar-refractivity contribution is 0.234. The van der Waals surface area contributed by atoms with Crippen LogP contribution in [0.5, 0.6) is 0 Å². The second kappa shape index (κ2) is 8.77. The lowest BCUT2D eigenvalue weighted by atomic mass is 9.81. The van der Waals surface area contributed by atoms with Crippen molar-refractivity contribution < 1.29 is 0 Å². The van der Waals surface area contributed by atoms with Gasteiger partial charge >= 0.3 is 0 Å². The molecule has 0 aromatic heterocycles. The van der Waals surface area contributed by atoms with Crippen molar-refractivity contribution in [1.82, 2.24) is 15.1 Å². The minimum absolute atomic E-state index is 0.498. The maximum absolute atomic E-state index is 8.21. The first-order valence-electron chi connectivity index (χ1n) is 10.3. The molecule has 0 spiro atoms. The first-order valence-corrected chi connectivity index (χ1v) is 10.3. The van der Waals surface area contributed by atoms with Gasteiger partial charge in [-0.2, -0.15) is 0 Å². The van der Waals surface area contributed by atoms with Crippen LogP contribution in [0.4, 0.5) is 0 Å². The SMILES string of the molecule is CC1CCCC(CCN2C(=N)NC[C@@H]2CCCCN2CCN=C2N)C1. The lowest BCUT2D eigenvalue weighted by Gasteiger charge is -2.30. The fourth-order valence-corrected chi connectivity index (χ4v) is 4.71. The first-order chi connectivity index (χ1) is 12.1. The Balaban J connectivity index is 1.36. The summed E-state index contributed by atoms with van der Waals surface area (Å²) in [5, 5.41) is 11.5. The van der Waals surface area contributed by atoms with E-state index in [1.54, 1.807) is 0 Å². The van der Waals surface area contributed by atoms with Crippen molar-refractivity contribution in [3.05, 3.63) is 0 Å².